The standard InChI is InChI=1S/C14H11ClO2/c15-10-14(16)17-13-8-6-12(7-9-13)11-4-2-1-3-5-11/h1-9H,10H2. The maximum Gasteiger partial charge on any atom is 0.326 e. The summed E-state index contributed by atoms with van der Waals surface area (Å²) in [6.45, 7) is 0. The van der Waals surface area contributed by atoms with E-state index in [0.29, 0.717) is 5.75 Å². The Hall–Kier alpha value is -1.80. The molecule has 0 amide bonds. The fraction of sp³-hybridized carbons (Fsp3) is 0.0714. The topological polar surface area (TPSA) is 26.3 Å². The summed E-state index contributed by atoms with van der Waals surface area (Å²) in [5.74, 6) is -0.0741. The second kappa shape index (κ2) is 5.51. The first-order chi connectivity index (χ1) is 8.29. The van der Waals surface area contributed by atoms with Gasteiger partial charge in [-0.2, -0.15) is 0 Å². The van der Waals surface area contributed by atoms with Crippen LogP contribution in [0.3, 0.4) is 0 Å². The van der Waals surface area contributed by atoms with E-state index in [9.17, 15) is 4.79 Å². The van der Waals surface area contributed by atoms with Crippen LogP contribution in [0, 0.1) is 0 Å². The summed E-state index contributed by atoms with van der Waals surface area (Å²) in [6, 6.07) is 17.3. The molecule has 0 aliphatic carbocycles. The summed E-state index contributed by atoms with van der Waals surface area (Å²) in [5.41, 5.74) is 2.21. The number of halogens is 1. The minimum absolute atomic E-state index is 0.138. The first-order valence-corrected chi connectivity index (χ1v) is 5.75. The Balaban J connectivity index is 2.16. The number of alkyl halides is 1. The largest absolute Gasteiger partial charge is 0.426 e. The zero-order valence-electron chi connectivity index (χ0n) is 9.10. The van der Waals surface area contributed by atoms with E-state index in [1.54, 1.807) is 12.1 Å². The quantitative estimate of drug-likeness (QED) is 0.471. The molecule has 0 heterocycles. The number of hydrogen-bond donors (Lipinski definition) is 0. The minimum Gasteiger partial charge on any atom is -0.426 e. The summed E-state index contributed by atoms with van der Waals surface area (Å²) in [4.78, 5) is 11.0. The molecule has 0 bridgehead atoms. The van der Waals surface area contributed by atoms with Gasteiger partial charge in [0.25, 0.3) is 0 Å². The maximum atomic E-state index is 11.0. The van der Waals surface area contributed by atoms with Gasteiger partial charge in [0, 0.05) is 0 Å². The zero-order chi connectivity index (χ0) is 12.1. The summed E-state index contributed by atoms with van der Waals surface area (Å²) >= 11 is 5.35. The summed E-state index contributed by atoms with van der Waals surface area (Å²) in [5, 5.41) is 0. The van der Waals surface area contributed by atoms with Gasteiger partial charge < -0.3 is 4.74 Å². The number of hydrogen-bond acceptors (Lipinski definition) is 2. The van der Waals surface area contributed by atoms with Gasteiger partial charge in [0.2, 0.25) is 0 Å². The Morgan fingerprint density at radius 2 is 1.53 bits per heavy atom. The van der Waals surface area contributed by atoms with E-state index in [1.807, 2.05) is 42.5 Å². The molecule has 0 saturated carbocycles. The molecule has 2 nitrogen and oxygen atoms in total. The zero-order valence-corrected chi connectivity index (χ0v) is 9.85. The molecule has 0 unspecified atom stereocenters. The monoisotopic (exact) mass is 246 g/mol. The van der Waals surface area contributed by atoms with E-state index in [2.05, 4.69) is 0 Å². The van der Waals surface area contributed by atoms with E-state index >= 15 is 0 Å². The molecule has 2 aromatic carbocycles. The van der Waals surface area contributed by atoms with Gasteiger partial charge >= 0.3 is 5.97 Å². The third-order valence-electron chi connectivity index (χ3n) is 2.30. The van der Waals surface area contributed by atoms with E-state index in [4.69, 9.17) is 16.3 Å². The molecule has 0 aliphatic rings. The maximum absolute atomic E-state index is 11.0. The number of rotatable bonds is 3. The van der Waals surface area contributed by atoms with Crippen molar-refractivity contribution in [2.45, 2.75) is 0 Å². The van der Waals surface area contributed by atoms with E-state index < -0.39 is 5.97 Å². The molecule has 2 rings (SSSR count). The van der Waals surface area contributed by atoms with Crippen molar-refractivity contribution in [3.8, 4) is 16.9 Å². The number of carbonyl (C=O) groups is 1. The van der Waals surface area contributed by atoms with Gasteiger partial charge in [-0.05, 0) is 23.3 Å². The molecule has 86 valence electrons. The molecule has 0 aromatic heterocycles. The van der Waals surface area contributed by atoms with Crippen LogP contribution in [0.2, 0.25) is 0 Å². The van der Waals surface area contributed by atoms with Crippen LogP contribution in [0.4, 0.5) is 0 Å². The van der Waals surface area contributed by atoms with E-state index in [1.165, 1.54) is 0 Å². The van der Waals surface area contributed by atoms with Gasteiger partial charge in [-0.1, -0.05) is 42.5 Å². The molecule has 0 aliphatic heterocycles. The van der Waals surface area contributed by atoms with Crippen LogP contribution in [0.15, 0.2) is 54.6 Å². The fourth-order valence-electron chi connectivity index (χ4n) is 1.50. The predicted molar refractivity (Wildman–Crippen MR) is 68.2 cm³/mol. The molecular formula is C14H11ClO2. The molecule has 0 atom stereocenters. The molecule has 0 fully saturated rings. The normalized spacial score (nSPS) is 9.94. The van der Waals surface area contributed by atoms with Gasteiger partial charge in [0.15, 0.2) is 0 Å². The van der Waals surface area contributed by atoms with Gasteiger partial charge in [0.05, 0.1) is 0 Å². The lowest BCUT2D eigenvalue weighted by molar-refractivity contribution is -0.131. The smallest absolute Gasteiger partial charge is 0.326 e. The number of ether oxygens (including phenoxy) is 1. The number of esters is 1. The highest BCUT2D eigenvalue weighted by Crippen LogP contribution is 2.22. The van der Waals surface area contributed by atoms with Crippen LogP contribution in [-0.2, 0) is 4.79 Å². The van der Waals surface area contributed by atoms with Gasteiger partial charge in [-0.25, -0.2) is 0 Å². The fourth-order valence-corrected chi connectivity index (χ4v) is 1.56. The summed E-state index contributed by atoms with van der Waals surface area (Å²) < 4.78 is 4.98. The van der Waals surface area contributed by atoms with E-state index in [0.717, 1.165) is 11.1 Å². The Labute approximate surface area is 105 Å². The molecule has 0 saturated heterocycles. The van der Waals surface area contributed by atoms with Crippen LogP contribution >= 0.6 is 11.6 Å². The summed E-state index contributed by atoms with van der Waals surface area (Å²) in [6.07, 6.45) is 0. The van der Waals surface area contributed by atoms with Crippen molar-refractivity contribution >= 4 is 17.6 Å². The Bertz CT molecular complexity index is 491. The average molecular weight is 247 g/mol. The Morgan fingerprint density at radius 3 is 2.12 bits per heavy atom. The molecule has 0 radical (unpaired) electrons. The first kappa shape index (κ1) is 11.7. The van der Waals surface area contributed by atoms with Gasteiger partial charge in [0.1, 0.15) is 11.6 Å². The van der Waals surface area contributed by atoms with Gasteiger partial charge in [-0.15, -0.1) is 11.6 Å². The second-order valence-electron chi connectivity index (χ2n) is 3.50. The minimum atomic E-state index is -0.445. The van der Waals surface area contributed by atoms with Crippen LogP contribution in [0.5, 0.6) is 5.75 Å². The number of benzene rings is 2. The molecular weight excluding hydrogens is 236 g/mol. The molecule has 3 heteroatoms. The van der Waals surface area contributed by atoms with Crippen molar-refractivity contribution in [2.75, 3.05) is 5.88 Å². The SMILES string of the molecule is O=C(CCl)Oc1ccc(-c2ccccc2)cc1. The van der Waals surface area contributed by atoms with Crippen LogP contribution in [0.25, 0.3) is 11.1 Å². The average Bonchev–Trinajstić information content (AvgIpc) is 2.40. The van der Waals surface area contributed by atoms with Crippen LogP contribution < -0.4 is 4.74 Å². The highest BCUT2D eigenvalue weighted by molar-refractivity contribution is 6.26. The highest BCUT2D eigenvalue weighted by Gasteiger charge is 2.02. The van der Waals surface area contributed by atoms with Crippen molar-refractivity contribution in [3.63, 3.8) is 0 Å². The number of carbonyl (C=O) groups excluding carboxylic acids is 1. The lowest BCUT2D eigenvalue weighted by Crippen LogP contribution is -2.08. The first-order valence-electron chi connectivity index (χ1n) is 5.22. The Morgan fingerprint density at radius 1 is 0.941 bits per heavy atom. The molecule has 17 heavy (non-hydrogen) atoms. The van der Waals surface area contributed by atoms with Crippen LogP contribution in [0.1, 0.15) is 0 Å². The lowest BCUT2D eigenvalue weighted by atomic mass is 10.1. The summed E-state index contributed by atoms with van der Waals surface area (Å²) in [7, 11) is 0. The molecule has 2 aromatic rings. The highest BCUT2D eigenvalue weighted by atomic mass is 35.5. The van der Waals surface area contributed by atoms with Crippen molar-refractivity contribution in [1.82, 2.24) is 0 Å². The predicted octanol–water partition coefficient (Wildman–Crippen LogP) is 3.50. The third-order valence-corrected chi connectivity index (χ3v) is 2.52. The molecule has 0 N–H and O–H groups in total. The van der Waals surface area contributed by atoms with Crippen molar-refractivity contribution in [1.29, 1.82) is 0 Å². The van der Waals surface area contributed by atoms with Crippen molar-refractivity contribution in [2.24, 2.45) is 0 Å². The second-order valence-corrected chi connectivity index (χ2v) is 3.77. The molecule has 0 spiro atoms. The third kappa shape index (κ3) is 3.08. The van der Waals surface area contributed by atoms with E-state index in [-0.39, 0.29) is 5.88 Å². The van der Waals surface area contributed by atoms with Crippen LogP contribution in [-0.4, -0.2) is 11.8 Å². The van der Waals surface area contributed by atoms with Gasteiger partial charge in [-0.3, -0.25) is 4.79 Å². The Kier molecular flexibility index (Phi) is 3.78. The van der Waals surface area contributed by atoms with Crippen molar-refractivity contribution in [3.05, 3.63) is 54.6 Å². The lowest BCUT2D eigenvalue weighted by Gasteiger charge is -2.04. The van der Waals surface area contributed by atoms with Crippen molar-refractivity contribution < 1.29 is 9.53 Å².